The van der Waals surface area contributed by atoms with Crippen molar-refractivity contribution in [1.82, 2.24) is 14.8 Å². The number of hydrogen-bond acceptors (Lipinski definition) is 8. The van der Waals surface area contributed by atoms with Gasteiger partial charge in [0.05, 0.1) is 39.5 Å². The van der Waals surface area contributed by atoms with Crippen LogP contribution >= 0.6 is 0 Å². The van der Waals surface area contributed by atoms with Crippen LogP contribution < -0.4 is 0 Å². The molecule has 0 spiro atoms. The highest BCUT2D eigenvalue weighted by Crippen LogP contribution is 2.29. The Kier molecular flexibility index (Phi) is 8.73. The molecule has 1 aliphatic carbocycles. The molecule has 1 N–H and O–H groups in total. The summed E-state index contributed by atoms with van der Waals surface area (Å²) in [6, 6.07) is 9.56. The Morgan fingerprint density at radius 3 is 2.12 bits per heavy atom. The minimum Gasteiger partial charge on any atom is -0.480 e. The fraction of sp³-hybridized carbons (Fsp3) is 0.500. The lowest BCUT2D eigenvalue weighted by Crippen LogP contribution is -2.56. The third-order valence-corrected chi connectivity index (χ3v) is 6.14. The molecule has 1 aliphatic rings. The van der Waals surface area contributed by atoms with Gasteiger partial charge in [0.25, 0.3) is 0 Å². The molecule has 1 saturated carbocycles. The number of aromatic nitrogens is 1. The van der Waals surface area contributed by atoms with Crippen molar-refractivity contribution in [1.29, 1.82) is 0 Å². The number of carbonyl (C=O) groups excluding carboxylic acids is 2. The maximum atomic E-state index is 12.3. The van der Waals surface area contributed by atoms with Crippen LogP contribution in [-0.2, 0) is 30.4 Å². The highest BCUT2D eigenvalue weighted by molar-refractivity contribution is 5.81. The average Bonchev–Trinajstić information content (AvgIpc) is 2.82. The van der Waals surface area contributed by atoms with Gasteiger partial charge in [0.2, 0.25) is 0 Å². The molecule has 1 aromatic heterocycles. The second-order valence-corrected chi connectivity index (χ2v) is 8.30. The van der Waals surface area contributed by atoms with E-state index in [-0.39, 0.29) is 37.7 Å². The van der Waals surface area contributed by atoms with Crippen LogP contribution in [0.5, 0.6) is 0 Å². The van der Waals surface area contributed by atoms with Crippen LogP contribution in [0, 0.1) is 0 Å². The van der Waals surface area contributed by atoms with Crippen LogP contribution in [-0.4, -0.2) is 83.7 Å². The Hall–Kier alpha value is -3.04. The zero-order valence-corrected chi connectivity index (χ0v) is 19.1. The summed E-state index contributed by atoms with van der Waals surface area (Å²) < 4.78 is 9.73. The predicted octanol–water partition coefficient (Wildman–Crippen LogP) is 2.08. The van der Waals surface area contributed by atoms with Gasteiger partial charge < -0.3 is 14.6 Å². The van der Waals surface area contributed by atoms with Gasteiger partial charge in [-0.2, -0.15) is 0 Å². The van der Waals surface area contributed by atoms with Crippen molar-refractivity contribution in [3.63, 3.8) is 0 Å². The first-order chi connectivity index (χ1) is 15.9. The molecule has 0 aliphatic heterocycles. The number of fused-ring (bicyclic) bond motifs is 1. The number of hydrogen-bond donors (Lipinski definition) is 1. The molecule has 0 saturated heterocycles. The topological polar surface area (TPSA) is 109 Å². The molecule has 9 heteroatoms. The molecular weight excluding hydrogens is 426 g/mol. The van der Waals surface area contributed by atoms with E-state index in [4.69, 9.17) is 9.47 Å². The number of ether oxygens (including phenoxy) is 2. The summed E-state index contributed by atoms with van der Waals surface area (Å²) in [6.45, 7) is 0.0480. The minimum absolute atomic E-state index is 0.0469. The standard InChI is InChI=1S/C24H31N3O6/c1-32-23(30)15-26(13-19-11-17-7-3-4-8-18(17)12-25-19)20-9-5-6-10-21(20)27(14-22(28)29)16-24(31)33-2/h3-4,7-8,11-12,20-21H,5-6,9-10,13-16H2,1-2H3,(H,28,29)/t20-,21?/m0/s1. The number of carboxylic acids is 1. The van der Waals surface area contributed by atoms with Crippen LogP contribution in [0.3, 0.4) is 0 Å². The second kappa shape index (κ2) is 11.7. The Labute approximate surface area is 193 Å². The number of carbonyl (C=O) groups is 3. The lowest BCUT2D eigenvalue weighted by molar-refractivity contribution is -0.148. The van der Waals surface area contributed by atoms with Crippen molar-refractivity contribution < 1.29 is 29.0 Å². The summed E-state index contributed by atoms with van der Waals surface area (Å²) in [5.74, 6) is -1.88. The first-order valence-corrected chi connectivity index (χ1v) is 11.1. The summed E-state index contributed by atoms with van der Waals surface area (Å²) in [6.07, 6.45) is 5.17. The number of aliphatic carboxylic acids is 1. The average molecular weight is 458 g/mol. The molecule has 2 atom stereocenters. The van der Waals surface area contributed by atoms with E-state index in [2.05, 4.69) is 4.98 Å². The number of nitrogens with zero attached hydrogens (tertiary/aromatic N) is 3. The van der Waals surface area contributed by atoms with Gasteiger partial charge in [-0.1, -0.05) is 37.1 Å². The molecule has 1 unspecified atom stereocenters. The minimum atomic E-state index is -1.01. The first kappa shape index (κ1) is 24.6. The van der Waals surface area contributed by atoms with E-state index in [9.17, 15) is 19.5 Å². The zero-order valence-electron chi connectivity index (χ0n) is 19.1. The quantitative estimate of drug-likeness (QED) is 0.536. The van der Waals surface area contributed by atoms with Gasteiger partial charge in [0.1, 0.15) is 0 Å². The summed E-state index contributed by atoms with van der Waals surface area (Å²) in [5, 5.41) is 11.5. The highest BCUT2D eigenvalue weighted by Gasteiger charge is 2.37. The van der Waals surface area contributed by atoms with Gasteiger partial charge in [-0.15, -0.1) is 0 Å². The number of carboxylic acid groups (broad SMARTS) is 1. The van der Waals surface area contributed by atoms with Crippen molar-refractivity contribution in [2.45, 2.75) is 44.3 Å². The Balaban J connectivity index is 1.90. The third-order valence-electron chi connectivity index (χ3n) is 6.14. The van der Waals surface area contributed by atoms with Gasteiger partial charge in [-0.05, 0) is 24.3 Å². The van der Waals surface area contributed by atoms with Crippen LogP contribution in [0.4, 0.5) is 0 Å². The zero-order chi connectivity index (χ0) is 23.8. The van der Waals surface area contributed by atoms with Crippen LogP contribution in [0.25, 0.3) is 10.8 Å². The fourth-order valence-electron chi connectivity index (χ4n) is 4.58. The molecule has 9 nitrogen and oxygen atoms in total. The first-order valence-electron chi connectivity index (χ1n) is 11.1. The molecule has 178 valence electrons. The summed E-state index contributed by atoms with van der Waals surface area (Å²) in [4.78, 5) is 44.1. The van der Waals surface area contributed by atoms with Gasteiger partial charge in [-0.3, -0.25) is 29.2 Å². The van der Waals surface area contributed by atoms with Crippen molar-refractivity contribution >= 4 is 28.7 Å². The maximum absolute atomic E-state index is 12.3. The van der Waals surface area contributed by atoms with E-state index >= 15 is 0 Å². The van der Waals surface area contributed by atoms with Crippen molar-refractivity contribution in [3.05, 3.63) is 42.2 Å². The number of pyridine rings is 1. The predicted molar refractivity (Wildman–Crippen MR) is 121 cm³/mol. The van der Waals surface area contributed by atoms with E-state index < -0.39 is 11.9 Å². The monoisotopic (exact) mass is 457 g/mol. The van der Waals surface area contributed by atoms with E-state index in [0.29, 0.717) is 6.54 Å². The summed E-state index contributed by atoms with van der Waals surface area (Å²) >= 11 is 0. The van der Waals surface area contributed by atoms with Crippen LogP contribution in [0.1, 0.15) is 31.4 Å². The van der Waals surface area contributed by atoms with Crippen molar-refractivity contribution in [2.75, 3.05) is 33.9 Å². The number of benzene rings is 1. The largest absolute Gasteiger partial charge is 0.480 e. The van der Waals surface area contributed by atoms with Crippen LogP contribution in [0.15, 0.2) is 36.5 Å². The Morgan fingerprint density at radius 2 is 1.52 bits per heavy atom. The molecular formula is C24H31N3O6. The van der Waals surface area contributed by atoms with E-state index in [1.54, 1.807) is 4.90 Å². The highest BCUT2D eigenvalue weighted by atomic mass is 16.5. The lowest BCUT2D eigenvalue weighted by Gasteiger charge is -2.44. The second-order valence-electron chi connectivity index (χ2n) is 8.30. The van der Waals surface area contributed by atoms with Gasteiger partial charge in [0.15, 0.2) is 0 Å². The van der Waals surface area contributed by atoms with Gasteiger partial charge in [-0.25, -0.2) is 0 Å². The Morgan fingerprint density at radius 1 is 0.939 bits per heavy atom. The third kappa shape index (κ3) is 6.72. The molecule has 0 amide bonds. The fourth-order valence-corrected chi connectivity index (χ4v) is 4.58. The van der Waals surface area contributed by atoms with Crippen molar-refractivity contribution in [3.8, 4) is 0 Å². The SMILES string of the molecule is COC(=O)CN(CC(=O)O)C1CCCC[C@@H]1N(CC(=O)OC)Cc1cc2ccccc2cn1. The molecule has 0 bridgehead atoms. The lowest BCUT2D eigenvalue weighted by atomic mass is 9.87. The van der Waals surface area contributed by atoms with Crippen LogP contribution in [0.2, 0.25) is 0 Å². The number of rotatable bonds is 10. The molecule has 2 aromatic rings. The molecule has 33 heavy (non-hydrogen) atoms. The summed E-state index contributed by atoms with van der Waals surface area (Å²) in [5.41, 5.74) is 0.805. The van der Waals surface area contributed by atoms with E-state index in [0.717, 1.165) is 42.1 Å². The normalized spacial score (nSPS) is 18.4. The number of methoxy groups -OCH3 is 2. The van der Waals surface area contributed by atoms with Crippen molar-refractivity contribution in [2.24, 2.45) is 0 Å². The van der Waals surface area contributed by atoms with E-state index in [1.165, 1.54) is 14.2 Å². The number of esters is 2. The Bertz CT molecular complexity index is 982. The molecule has 3 rings (SSSR count). The van der Waals surface area contributed by atoms with E-state index in [1.807, 2.05) is 41.4 Å². The molecule has 1 fully saturated rings. The van der Waals surface area contributed by atoms with Gasteiger partial charge >= 0.3 is 17.9 Å². The smallest absolute Gasteiger partial charge is 0.319 e. The molecule has 1 heterocycles. The van der Waals surface area contributed by atoms with Gasteiger partial charge in [0, 0.05) is 30.2 Å². The molecule has 1 aromatic carbocycles. The molecule has 0 radical (unpaired) electrons. The summed E-state index contributed by atoms with van der Waals surface area (Å²) in [7, 11) is 2.63. The maximum Gasteiger partial charge on any atom is 0.319 e.